The normalized spacial score (nSPS) is 14.7. The van der Waals surface area contributed by atoms with Gasteiger partial charge in [0.2, 0.25) is 23.0 Å². The highest BCUT2D eigenvalue weighted by atomic mass is 16.5. The molecule has 0 radical (unpaired) electrons. The van der Waals surface area contributed by atoms with Gasteiger partial charge >= 0.3 is 0 Å². The molecule has 234 valence electrons. The molecule has 3 aromatic carbocycles. The number of fused-ring (bicyclic) bond motifs is 1. The van der Waals surface area contributed by atoms with Crippen molar-refractivity contribution in [3.05, 3.63) is 70.4 Å². The summed E-state index contributed by atoms with van der Waals surface area (Å²) in [5, 5.41) is 61.5. The first-order valence-electron chi connectivity index (χ1n) is 14.0. The smallest absolute Gasteiger partial charge is 0.247 e. The van der Waals surface area contributed by atoms with Gasteiger partial charge in [0.05, 0.1) is 6.61 Å². The van der Waals surface area contributed by atoms with E-state index in [1.807, 2.05) is 0 Å². The van der Waals surface area contributed by atoms with Gasteiger partial charge in [-0.25, -0.2) is 0 Å². The van der Waals surface area contributed by atoms with Gasteiger partial charge in [-0.1, -0.05) is 6.07 Å². The molecule has 1 aliphatic rings. The van der Waals surface area contributed by atoms with Crippen molar-refractivity contribution in [1.29, 1.82) is 0 Å². The van der Waals surface area contributed by atoms with E-state index >= 15 is 0 Å². The zero-order valence-corrected chi connectivity index (χ0v) is 23.8. The summed E-state index contributed by atoms with van der Waals surface area (Å²) in [6, 6.07) is 9.32. The van der Waals surface area contributed by atoms with Crippen molar-refractivity contribution in [2.75, 3.05) is 19.7 Å². The Morgan fingerprint density at radius 3 is 2.40 bits per heavy atom. The van der Waals surface area contributed by atoms with E-state index in [-0.39, 0.29) is 76.7 Å². The fourth-order valence-corrected chi connectivity index (χ4v) is 5.04. The second-order valence-corrected chi connectivity index (χ2v) is 10.4. The van der Waals surface area contributed by atoms with Crippen LogP contribution in [-0.4, -0.2) is 73.1 Å². The lowest BCUT2D eigenvalue weighted by atomic mass is 10.1. The average Bonchev–Trinajstić information content (AvgIpc) is 3.49. The van der Waals surface area contributed by atoms with Crippen LogP contribution in [0.2, 0.25) is 0 Å². The Hall–Kier alpha value is -5.85. The summed E-state index contributed by atoms with van der Waals surface area (Å²) in [5.41, 5.74) is -0.196. The Morgan fingerprint density at radius 1 is 0.933 bits per heavy atom. The highest BCUT2D eigenvalue weighted by molar-refractivity contribution is 5.96. The minimum atomic E-state index is -0.740. The summed E-state index contributed by atoms with van der Waals surface area (Å²) in [5.74, 6) is -3.48. The van der Waals surface area contributed by atoms with Crippen LogP contribution in [0.25, 0.3) is 28.4 Å². The number of phenolic OH excluding ortho intramolecular Hbond substituents is 6. The van der Waals surface area contributed by atoms with Gasteiger partial charge in [-0.15, -0.1) is 0 Å². The Bertz CT molecular complexity index is 1860. The first-order valence-corrected chi connectivity index (χ1v) is 14.0. The second kappa shape index (κ2) is 12.8. The van der Waals surface area contributed by atoms with Crippen molar-refractivity contribution in [3.63, 3.8) is 0 Å². The average molecular weight is 619 g/mol. The zero-order chi connectivity index (χ0) is 32.2. The topological polar surface area (TPSA) is 210 Å². The summed E-state index contributed by atoms with van der Waals surface area (Å²) in [7, 11) is 0. The molecular weight excluding hydrogens is 588 g/mol. The third kappa shape index (κ3) is 6.56. The number of amides is 2. The number of likely N-dealkylation sites (tertiary alicyclic amines) is 1. The van der Waals surface area contributed by atoms with Crippen LogP contribution in [0.1, 0.15) is 24.8 Å². The minimum absolute atomic E-state index is 0.0675. The lowest BCUT2D eigenvalue weighted by Crippen LogP contribution is -2.45. The summed E-state index contributed by atoms with van der Waals surface area (Å²) < 4.78 is 11.6. The van der Waals surface area contributed by atoms with Crippen LogP contribution in [0, 0.1) is 0 Å². The molecule has 45 heavy (non-hydrogen) atoms. The Labute approximate surface area is 255 Å². The van der Waals surface area contributed by atoms with Crippen molar-refractivity contribution in [3.8, 4) is 51.6 Å². The first kappa shape index (κ1) is 30.6. The van der Waals surface area contributed by atoms with Gasteiger partial charge in [-0.2, -0.15) is 0 Å². The van der Waals surface area contributed by atoms with Crippen LogP contribution >= 0.6 is 0 Å². The van der Waals surface area contributed by atoms with E-state index in [9.17, 15) is 45.0 Å². The molecule has 0 unspecified atom stereocenters. The number of nitrogens with one attached hydrogen (secondary N) is 1. The van der Waals surface area contributed by atoms with Gasteiger partial charge in [0, 0.05) is 36.9 Å². The molecule has 4 aromatic rings. The highest BCUT2D eigenvalue weighted by Crippen LogP contribution is 2.38. The molecule has 2 amide bonds. The van der Waals surface area contributed by atoms with E-state index in [4.69, 9.17) is 9.15 Å². The van der Waals surface area contributed by atoms with Crippen LogP contribution in [0.15, 0.2) is 63.8 Å². The van der Waals surface area contributed by atoms with Crippen LogP contribution in [0.3, 0.4) is 0 Å². The van der Waals surface area contributed by atoms with Crippen LogP contribution in [-0.2, 0) is 9.59 Å². The lowest BCUT2D eigenvalue weighted by Gasteiger charge is -2.22. The molecule has 2 heterocycles. The summed E-state index contributed by atoms with van der Waals surface area (Å²) in [6.45, 7) is 0.471. The van der Waals surface area contributed by atoms with E-state index in [2.05, 4.69) is 5.32 Å². The van der Waals surface area contributed by atoms with E-state index in [1.165, 1.54) is 47.4 Å². The monoisotopic (exact) mass is 618 g/mol. The largest absolute Gasteiger partial charge is 0.508 e. The molecular formula is C32H30N2O11. The Kier molecular flexibility index (Phi) is 8.70. The van der Waals surface area contributed by atoms with Gasteiger partial charge < -0.3 is 50.0 Å². The molecule has 1 fully saturated rings. The number of hydrogen-bond acceptors (Lipinski definition) is 11. The number of aromatic hydroxyl groups is 6. The molecule has 0 bridgehead atoms. The summed E-state index contributed by atoms with van der Waals surface area (Å²) >= 11 is 0. The maximum Gasteiger partial charge on any atom is 0.247 e. The molecule has 0 saturated carbocycles. The summed E-state index contributed by atoms with van der Waals surface area (Å²) in [6.07, 6.45) is 4.13. The van der Waals surface area contributed by atoms with Gasteiger partial charge in [-0.3, -0.25) is 14.4 Å². The number of benzene rings is 3. The van der Waals surface area contributed by atoms with Gasteiger partial charge in [0.25, 0.3) is 0 Å². The Morgan fingerprint density at radius 2 is 1.67 bits per heavy atom. The molecule has 7 N–H and O–H groups in total. The maximum absolute atomic E-state index is 13.4. The molecule has 13 nitrogen and oxygen atoms in total. The van der Waals surface area contributed by atoms with Gasteiger partial charge in [0.15, 0.2) is 28.8 Å². The zero-order valence-electron chi connectivity index (χ0n) is 23.8. The van der Waals surface area contributed by atoms with Gasteiger partial charge in [0.1, 0.15) is 28.5 Å². The number of hydrogen-bond donors (Lipinski definition) is 7. The van der Waals surface area contributed by atoms with E-state index in [0.717, 1.165) is 18.2 Å². The summed E-state index contributed by atoms with van der Waals surface area (Å²) in [4.78, 5) is 40.5. The standard InChI is InChI=1S/C32H30N2O11/c35-19-15-25(40)28-26(16-19)45-30(18-6-8-22(37)24(39)14-18)31(29(28)42)44-12-2-10-33-32(43)20-3-1-11-34(20)27(41)9-5-17-4-7-21(36)23(38)13-17/h4-9,13-16,20,35-40H,1-3,10-12H2,(H,33,43)/b9-5+/t20-/m0/s1. The predicted octanol–water partition coefficient (Wildman–Crippen LogP) is 3.28. The second-order valence-electron chi connectivity index (χ2n) is 10.4. The maximum atomic E-state index is 13.4. The molecule has 1 saturated heterocycles. The van der Waals surface area contributed by atoms with E-state index < -0.39 is 28.7 Å². The molecule has 0 aliphatic carbocycles. The number of carbonyl (C=O) groups is 2. The molecule has 5 rings (SSSR count). The fraction of sp³-hybridized carbons (Fsp3) is 0.219. The fourth-order valence-electron chi connectivity index (χ4n) is 5.04. The van der Waals surface area contributed by atoms with Crippen molar-refractivity contribution < 1.29 is 49.4 Å². The number of carbonyl (C=O) groups excluding carboxylic acids is 2. The SMILES string of the molecule is O=C(NCCCOc1c(-c2ccc(O)c(O)c2)oc2cc(O)cc(O)c2c1=O)[C@@H]1CCCN1C(=O)/C=C/c1ccc(O)c(O)c1. The molecule has 1 aliphatic heterocycles. The van der Waals surface area contributed by atoms with Crippen molar-refractivity contribution in [2.45, 2.75) is 25.3 Å². The van der Waals surface area contributed by atoms with Crippen LogP contribution in [0.4, 0.5) is 0 Å². The Balaban J connectivity index is 1.23. The van der Waals surface area contributed by atoms with Gasteiger partial charge in [-0.05, 0) is 61.2 Å². The molecule has 1 aromatic heterocycles. The number of rotatable bonds is 9. The first-order chi connectivity index (χ1) is 21.5. The third-order valence-corrected chi connectivity index (χ3v) is 7.28. The minimum Gasteiger partial charge on any atom is -0.508 e. The third-order valence-electron chi connectivity index (χ3n) is 7.28. The number of phenols is 6. The molecule has 1 atom stereocenters. The quantitative estimate of drug-likeness (QED) is 0.0822. The van der Waals surface area contributed by atoms with E-state index in [0.29, 0.717) is 24.9 Å². The van der Waals surface area contributed by atoms with Crippen molar-refractivity contribution in [2.24, 2.45) is 0 Å². The molecule has 13 heteroatoms. The predicted molar refractivity (Wildman–Crippen MR) is 161 cm³/mol. The number of nitrogens with zero attached hydrogens (tertiary/aromatic N) is 1. The van der Waals surface area contributed by atoms with E-state index in [1.54, 1.807) is 0 Å². The number of ether oxygens (including phenoxy) is 1. The molecule has 0 spiro atoms. The highest BCUT2D eigenvalue weighted by Gasteiger charge is 2.33. The van der Waals surface area contributed by atoms with Crippen molar-refractivity contribution in [1.82, 2.24) is 10.2 Å². The van der Waals surface area contributed by atoms with Crippen LogP contribution in [0.5, 0.6) is 40.2 Å². The lowest BCUT2D eigenvalue weighted by molar-refractivity contribution is -0.135. The van der Waals surface area contributed by atoms with Crippen molar-refractivity contribution >= 4 is 28.9 Å². The van der Waals surface area contributed by atoms with Crippen LogP contribution < -0.4 is 15.5 Å².